The fourth-order valence-electron chi connectivity index (χ4n) is 2.53. The summed E-state index contributed by atoms with van der Waals surface area (Å²) in [6, 6.07) is 15.3. The molecule has 0 radical (unpaired) electrons. The average molecular weight is 380 g/mol. The van der Waals surface area contributed by atoms with Crippen molar-refractivity contribution in [2.45, 2.75) is 25.5 Å². The maximum absolute atomic E-state index is 12.3. The van der Waals surface area contributed by atoms with Crippen LogP contribution in [0.1, 0.15) is 23.1 Å². The number of rotatable bonds is 5. The van der Waals surface area contributed by atoms with E-state index in [4.69, 9.17) is 0 Å². The summed E-state index contributed by atoms with van der Waals surface area (Å²) in [6.45, 7) is 3.95. The van der Waals surface area contributed by atoms with Crippen LogP contribution in [0, 0.1) is 13.8 Å². The van der Waals surface area contributed by atoms with Gasteiger partial charge < -0.3 is 10.6 Å². The molecule has 3 rings (SSSR count). The average Bonchev–Trinajstić information content (AvgIpc) is 2.99. The fourth-order valence-corrected chi connectivity index (χ4v) is 3.45. The first-order valence-corrected chi connectivity index (χ1v) is 9.40. The lowest BCUT2D eigenvalue weighted by molar-refractivity contribution is -0.122. The topological polar surface area (TPSA) is 82.9 Å². The molecule has 1 heterocycles. The number of aryl methyl sites for hydroxylation is 1. The zero-order valence-corrected chi connectivity index (χ0v) is 15.9. The molecule has 1 saturated heterocycles. The molecule has 0 aliphatic carbocycles. The molecule has 27 heavy (non-hydrogen) atoms. The Labute approximate surface area is 162 Å². The van der Waals surface area contributed by atoms with Crippen molar-refractivity contribution in [2.24, 2.45) is 10.2 Å². The van der Waals surface area contributed by atoms with Crippen molar-refractivity contribution in [3.8, 4) is 0 Å². The van der Waals surface area contributed by atoms with Crippen molar-refractivity contribution in [3.05, 3.63) is 65.2 Å². The molecule has 1 aliphatic rings. The Morgan fingerprint density at radius 2 is 1.96 bits per heavy atom. The minimum atomic E-state index is -0.513. The predicted octanol–water partition coefficient (Wildman–Crippen LogP) is 3.25. The third-order valence-electron chi connectivity index (χ3n) is 4.18. The second kappa shape index (κ2) is 8.64. The molecule has 1 fully saturated rings. The summed E-state index contributed by atoms with van der Waals surface area (Å²) in [4.78, 5) is 24.4. The number of benzene rings is 2. The fraction of sp³-hybridized carbons (Fsp3) is 0.200. The van der Waals surface area contributed by atoms with E-state index in [2.05, 4.69) is 20.8 Å². The van der Waals surface area contributed by atoms with Crippen LogP contribution in [0.4, 0.5) is 5.69 Å². The van der Waals surface area contributed by atoms with E-state index in [-0.39, 0.29) is 18.2 Å². The molecule has 7 heteroatoms. The molecule has 1 aliphatic heterocycles. The lowest BCUT2D eigenvalue weighted by atomic mass is 10.1. The van der Waals surface area contributed by atoms with Gasteiger partial charge in [-0.25, -0.2) is 0 Å². The largest absolute Gasteiger partial charge is 0.326 e. The van der Waals surface area contributed by atoms with Crippen LogP contribution in [0.5, 0.6) is 0 Å². The molecular weight excluding hydrogens is 360 g/mol. The number of amidine groups is 1. The van der Waals surface area contributed by atoms with Gasteiger partial charge in [0.1, 0.15) is 5.25 Å². The molecule has 2 N–H and O–H groups in total. The van der Waals surface area contributed by atoms with E-state index in [1.807, 2.05) is 62.4 Å². The smallest absolute Gasteiger partial charge is 0.240 e. The highest BCUT2D eigenvalue weighted by Crippen LogP contribution is 2.24. The Morgan fingerprint density at radius 1 is 1.19 bits per heavy atom. The van der Waals surface area contributed by atoms with Crippen LogP contribution < -0.4 is 10.6 Å². The third-order valence-corrected chi connectivity index (χ3v) is 5.25. The van der Waals surface area contributed by atoms with E-state index in [0.717, 1.165) is 22.4 Å². The summed E-state index contributed by atoms with van der Waals surface area (Å²) >= 11 is 1.21. The Morgan fingerprint density at radius 3 is 2.74 bits per heavy atom. The molecular formula is C20H20N4O2S. The summed E-state index contributed by atoms with van der Waals surface area (Å²) in [5.41, 5.74) is 3.81. The number of nitrogens with zero attached hydrogens (tertiary/aromatic N) is 2. The second-order valence-corrected chi connectivity index (χ2v) is 7.35. The minimum absolute atomic E-state index is 0.0747. The van der Waals surface area contributed by atoms with Gasteiger partial charge in [-0.2, -0.15) is 5.10 Å². The Balaban J connectivity index is 1.57. The van der Waals surface area contributed by atoms with Gasteiger partial charge in [0.05, 0.1) is 6.21 Å². The molecule has 2 aromatic rings. The molecule has 1 atom stereocenters. The van der Waals surface area contributed by atoms with Crippen molar-refractivity contribution in [2.75, 3.05) is 5.32 Å². The Kier molecular flexibility index (Phi) is 6.03. The van der Waals surface area contributed by atoms with E-state index in [1.165, 1.54) is 11.8 Å². The van der Waals surface area contributed by atoms with Crippen LogP contribution in [0.2, 0.25) is 0 Å². The number of carbonyl (C=O) groups is 2. The van der Waals surface area contributed by atoms with Gasteiger partial charge in [0.2, 0.25) is 11.8 Å². The highest BCUT2D eigenvalue weighted by molar-refractivity contribution is 8.15. The monoisotopic (exact) mass is 380 g/mol. The van der Waals surface area contributed by atoms with E-state index in [9.17, 15) is 9.59 Å². The van der Waals surface area contributed by atoms with Crippen LogP contribution in [0.15, 0.2) is 58.7 Å². The third kappa shape index (κ3) is 5.04. The molecule has 138 valence electrons. The van der Waals surface area contributed by atoms with Gasteiger partial charge in [0, 0.05) is 12.1 Å². The number of hydrogen-bond acceptors (Lipinski definition) is 5. The van der Waals surface area contributed by atoms with Gasteiger partial charge in [-0.1, -0.05) is 54.2 Å². The number of thioether (sulfide) groups is 1. The van der Waals surface area contributed by atoms with Crippen LogP contribution in [-0.4, -0.2) is 28.4 Å². The van der Waals surface area contributed by atoms with E-state index in [1.54, 1.807) is 6.21 Å². The molecule has 6 nitrogen and oxygen atoms in total. The molecule has 0 saturated carbocycles. The van der Waals surface area contributed by atoms with Crippen LogP contribution >= 0.6 is 11.8 Å². The van der Waals surface area contributed by atoms with Gasteiger partial charge >= 0.3 is 0 Å². The van der Waals surface area contributed by atoms with Crippen LogP contribution in [0.3, 0.4) is 0 Å². The lowest BCUT2D eigenvalue weighted by Crippen LogP contribution is -2.28. The van der Waals surface area contributed by atoms with E-state index >= 15 is 0 Å². The normalized spacial score (nSPS) is 18.1. The highest BCUT2D eigenvalue weighted by Gasteiger charge is 2.32. The maximum atomic E-state index is 12.3. The number of nitrogens with one attached hydrogen (secondary N) is 2. The summed E-state index contributed by atoms with van der Waals surface area (Å²) in [6.07, 6.45) is 1.69. The number of hydrogen-bond donors (Lipinski definition) is 2. The molecule has 2 aromatic carbocycles. The minimum Gasteiger partial charge on any atom is -0.326 e. The summed E-state index contributed by atoms with van der Waals surface area (Å²) in [5, 5.41) is 13.4. The Hall–Kier alpha value is -2.93. The SMILES string of the molecule is Cc1cccc(NC(=O)CC2S/C(=N/N=C/c3ccccc3)NC2=O)c1C. The van der Waals surface area contributed by atoms with E-state index in [0.29, 0.717) is 5.17 Å². The number of carbonyl (C=O) groups excluding carboxylic acids is 2. The van der Waals surface area contributed by atoms with Gasteiger partial charge in [-0.05, 0) is 36.6 Å². The number of amides is 2. The summed E-state index contributed by atoms with van der Waals surface area (Å²) in [5.74, 6) is -0.435. The Bertz CT molecular complexity index is 909. The lowest BCUT2D eigenvalue weighted by Gasteiger charge is -2.11. The zero-order valence-electron chi connectivity index (χ0n) is 15.1. The first-order chi connectivity index (χ1) is 13.0. The predicted molar refractivity (Wildman–Crippen MR) is 110 cm³/mol. The summed E-state index contributed by atoms with van der Waals surface area (Å²) in [7, 11) is 0. The van der Waals surface area contributed by atoms with Crippen molar-refractivity contribution < 1.29 is 9.59 Å². The first kappa shape index (κ1) is 18.8. The first-order valence-electron chi connectivity index (χ1n) is 8.52. The van der Waals surface area contributed by atoms with Crippen molar-refractivity contribution in [3.63, 3.8) is 0 Å². The van der Waals surface area contributed by atoms with Gasteiger partial charge in [-0.15, -0.1) is 5.10 Å². The van der Waals surface area contributed by atoms with Crippen LogP contribution in [0.25, 0.3) is 0 Å². The summed E-state index contributed by atoms with van der Waals surface area (Å²) < 4.78 is 0. The molecule has 0 bridgehead atoms. The number of anilines is 1. The highest BCUT2D eigenvalue weighted by atomic mass is 32.2. The maximum Gasteiger partial charge on any atom is 0.240 e. The molecule has 0 aromatic heterocycles. The molecule has 2 amide bonds. The second-order valence-electron chi connectivity index (χ2n) is 6.16. The van der Waals surface area contributed by atoms with Crippen LogP contribution in [-0.2, 0) is 9.59 Å². The standard InChI is InChI=1S/C20H20N4O2S/c1-13-7-6-10-16(14(13)2)22-18(25)11-17-19(26)23-20(27-17)24-21-12-15-8-4-3-5-9-15/h3-10,12,17H,11H2,1-2H3,(H,22,25)(H,23,24,26)/b21-12+. The zero-order chi connectivity index (χ0) is 19.2. The van der Waals surface area contributed by atoms with E-state index < -0.39 is 5.25 Å². The van der Waals surface area contributed by atoms with Crippen molar-refractivity contribution in [1.82, 2.24) is 5.32 Å². The molecule has 1 unspecified atom stereocenters. The van der Waals surface area contributed by atoms with Crippen molar-refractivity contribution >= 4 is 40.6 Å². The van der Waals surface area contributed by atoms with Gasteiger partial charge in [0.25, 0.3) is 0 Å². The quantitative estimate of drug-likeness (QED) is 0.617. The van der Waals surface area contributed by atoms with Gasteiger partial charge in [0.15, 0.2) is 5.17 Å². The molecule has 0 spiro atoms. The van der Waals surface area contributed by atoms with Crippen molar-refractivity contribution in [1.29, 1.82) is 0 Å². The van der Waals surface area contributed by atoms with Gasteiger partial charge in [-0.3, -0.25) is 9.59 Å².